The molecule has 4 heteroatoms. The van der Waals surface area contributed by atoms with E-state index in [1.165, 1.54) is 17.5 Å². The highest BCUT2D eigenvalue weighted by Gasteiger charge is 2.29. The predicted octanol–water partition coefficient (Wildman–Crippen LogP) is 3.06. The Morgan fingerprint density at radius 3 is 2.04 bits per heavy atom. The Balaban J connectivity index is 1.43. The van der Waals surface area contributed by atoms with E-state index in [4.69, 9.17) is 0 Å². The lowest BCUT2D eigenvalue weighted by molar-refractivity contribution is -0.133. The molecule has 0 radical (unpaired) electrons. The first-order valence-corrected chi connectivity index (χ1v) is 10.2. The molecule has 1 unspecified atom stereocenters. The summed E-state index contributed by atoms with van der Waals surface area (Å²) < 4.78 is 0. The van der Waals surface area contributed by atoms with Crippen molar-refractivity contribution in [1.82, 2.24) is 15.1 Å². The topological polar surface area (TPSA) is 35.6 Å². The first kappa shape index (κ1) is 18.2. The highest BCUT2D eigenvalue weighted by atomic mass is 16.2. The van der Waals surface area contributed by atoms with Gasteiger partial charge in [0.1, 0.15) is 0 Å². The van der Waals surface area contributed by atoms with Crippen molar-refractivity contribution in [2.45, 2.75) is 31.3 Å². The molecule has 142 valence electrons. The van der Waals surface area contributed by atoms with E-state index < -0.39 is 0 Å². The zero-order chi connectivity index (χ0) is 18.5. The lowest BCUT2D eigenvalue weighted by atomic mass is 9.96. The van der Waals surface area contributed by atoms with Crippen LogP contribution in [0.5, 0.6) is 0 Å². The zero-order valence-corrected chi connectivity index (χ0v) is 15.9. The van der Waals surface area contributed by atoms with E-state index in [1.807, 2.05) is 0 Å². The van der Waals surface area contributed by atoms with E-state index in [2.05, 4.69) is 75.8 Å². The van der Waals surface area contributed by atoms with Gasteiger partial charge in [-0.25, -0.2) is 0 Å². The maximum absolute atomic E-state index is 12.6. The molecule has 4 nitrogen and oxygen atoms in total. The molecule has 2 aromatic rings. The van der Waals surface area contributed by atoms with Gasteiger partial charge in [0.15, 0.2) is 0 Å². The van der Waals surface area contributed by atoms with Gasteiger partial charge in [-0.15, -0.1) is 0 Å². The lowest BCUT2D eigenvalue weighted by Gasteiger charge is -2.40. The van der Waals surface area contributed by atoms with E-state index in [9.17, 15) is 4.79 Å². The number of benzene rings is 2. The van der Waals surface area contributed by atoms with Crippen LogP contribution in [0.3, 0.4) is 0 Å². The van der Waals surface area contributed by atoms with Gasteiger partial charge in [0.05, 0.1) is 6.04 Å². The van der Waals surface area contributed by atoms with E-state index >= 15 is 0 Å². The van der Waals surface area contributed by atoms with Crippen molar-refractivity contribution in [3.63, 3.8) is 0 Å². The number of carbonyl (C=O) groups is 1. The van der Waals surface area contributed by atoms with Crippen molar-refractivity contribution in [2.24, 2.45) is 0 Å². The number of amides is 1. The Kier molecular flexibility index (Phi) is 5.85. The van der Waals surface area contributed by atoms with E-state index in [-0.39, 0.29) is 6.04 Å². The third-order valence-corrected chi connectivity index (χ3v) is 5.85. The van der Waals surface area contributed by atoms with Crippen molar-refractivity contribution < 1.29 is 4.79 Å². The summed E-state index contributed by atoms with van der Waals surface area (Å²) in [6.45, 7) is 4.53. The summed E-state index contributed by atoms with van der Waals surface area (Å²) in [5.41, 5.74) is 2.64. The fourth-order valence-electron chi connectivity index (χ4n) is 4.39. The van der Waals surface area contributed by atoms with Gasteiger partial charge in [0.25, 0.3) is 0 Å². The molecule has 0 spiro atoms. The summed E-state index contributed by atoms with van der Waals surface area (Å²) in [7, 11) is 0. The van der Waals surface area contributed by atoms with Crippen molar-refractivity contribution >= 4 is 5.91 Å². The van der Waals surface area contributed by atoms with Crippen LogP contribution < -0.4 is 5.32 Å². The van der Waals surface area contributed by atoms with Crippen LogP contribution in [0.4, 0.5) is 0 Å². The van der Waals surface area contributed by atoms with E-state index in [0.29, 0.717) is 18.4 Å². The molecule has 2 saturated heterocycles. The standard InChI is InChI=1S/C23H29N3O/c27-22(18-21-12-7-13-24-21)25-14-16-26(17-15-25)23(19-8-3-1-4-9-19)20-10-5-2-6-11-20/h1-6,8-11,21,23-24H,7,12-18H2. The molecular formula is C23H29N3O. The molecule has 0 aliphatic carbocycles. The smallest absolute Gasteiger partial charge is 0.224 e. The van der Waals surface area contributed by atoms with Gasteiger partial charge in [0, 0.05) is 38.6 Å². The number of nitrogens with one attached hydrogen (secondary N) is 1. The molecule has 2 heterocycles. The van der Waals surface area contributed by atoms with Crippen LogP contribution in [0.1, 0.15) is 36.4 Å². The minimum Gasteiger partial charge on any atom is -0.340 e. The van der Waals surface area contributed by atoms with Gasteiger partial charge in [-0.3, -0.25) is 9.69 Å². The minimum atomic E-state index is 0.251. The molecule has 1 amide bonds. The fourth-order valence-corrected chi connectivity index (χ4v) is 4.39. The SMILES string of the molecule is O=C(CC1CCCN1)N1CCN(C(c2ccccc2)c2ccccc2)CC1. The van der Waals surface area contributed by atoms with Crippen LogP contribution in [0.25, 0.3) is 0 Å². The van der Waals surface area contributed by atoms with Crippen LogP contribution in [-0.2, 0) is 4.79 Å². The second-order valence-electron chi connectivity index (χ2n) is 7.64. The molecule has 2 aliphatic rings. The van der Waals surface area contributed by atoms with Gasteiger partial charge in [-0.2, -0.15) is 0 Å². The highest BCUT2D eigenvalue weighted by Crippen LogP contribution is 2.29. The molecule has 2 fully saturated rings. The van der Waals surface area contributed by atoms with Crippen LogP contribution in [0.15, 0.2) is 60.7 Å². The fraction of sp³-hybridized carbons (Fsp3) is 0.435. The summed E-state index contributed by atoms with van der Waals surface area (Å²) in [5, 5.41) is 3.44. The molecule has 27 heavy (non-hydrogen) atoms. The molecule has 0 saturated carbocycles. The normalized spacial score (nSPS) is 20.9. The number of hydrogen-bond donors (Lipinski definition) is 1. The van der Waals surface area contributed by atoms with Crippen LogP contribution in [0.2, 0.25) is 0 Å². The van der Waals surface area contributed by atoms with E-state index in [1.54, 1.807) is 0 Å². The summed E-state index contributed by atoms with van der Waals surface area (Å²) in [5.74, 6) is 0.310. The average molecular weight is 364 g/mol. The maximum atomic E-state index is 12.6. The number of rotatable bonds is 5. The summed E-state index contributed by atoms with van der Waals surface area (Å²) in [6.07, 6.45) is 2.98. The molecule has 4 rings (SSSR count). The Hall–Kier alpha value is -2.17. The van der Waals surface area contributed by atoms with Crippen LogP contribution >= 0.6 is 0 Å². The van der Waals surface area contributed by atoms with Crippen LogP contribution in [0, 0.1) is 0 Å². The Morgan fingerprint density at radius 2 is 1.52 bits per heavy atom. The van der Waals surface area contributed by atoms with Crippen molar-refractivity contribution in [1.29, 1.82) is 0 Å². The molecule has 1 atom stereocenters. The van der Waals surface area contributed by atoms with Crippen molar-refractivity contribution in [3.05, 3.63) is 71.8 Å². The Bertz CT molecular complexity index is 680. The monoisotopic (exact) mass is 363 g/mol. The quantitative estimate of drug-likeness (QED) is 0.887. The molecule has 0 bridgehead atoms. The molecular weight excluding hydrogens is 334 g/mol. The molecule has 2 aromatic carbocycles. The summed E-state index contributed by atoms with van der Waals surface area (Å²) in [6, 6.07) is 22.1. The van der Waals surface area contributed by atoms with Gasteiger partial charge >= 0.3 is 0 Å². The number of piperazine rings is 1. The lowest BCUT2D eigenvalue weighted by Crippen LogP contribution is -2.50. The Labute approximate surface area is 162 Å². The van der Waals surface area contributed by atoms with Crippen molar-refractivity contribution in [2.75, 3.05) is 32.7 Å². The maximum Gasteiger partial charge on any atom is 0.224 e. The molecule has 2 aliphatic heterocycles. The summed E-state index contributed by atoms with van der Waals surface area (Å²) in [4.78, 5) is 17.2. The third kappa shape index (κ3) is 4.40. The number of carbonyl (C=O) groups excluding carboxylic acids is 1. The third-order valence-electron chi connectivity index (χ3n) is 5.85. The number of hydrogen-bond acceptors (Lipinski definition) is 3. The minimum absolute atomic E-state index is 0.251. The highest BCUT2D eigenvalue weighted by molar-refractivity contribution is 5.77. The molecule has 0 aromatic heterocycles. The van der Waals surface area contributed by atoms with Gasteiger partial charge in [-0.05, 0) is 30.5 Å². The van der Waals surface area contributed by atoms with Gasteiger partial charge < -0.3 is 10.2 Å². The second-order valence-corrected chi connectivity index (χ2v) is 7.64. The largest absolute Gasteiger partial charge is 0.340 e. The van der Waals surface area contributed by atoms with Gasteiger partial charge in [-0.1, -0.05) is 60.7 Å². The van der Waals surface area contributed by atoms with Gasteiger partial charge in [0.2, 0.25) is 5.91 Å². The number of nitrogens with zero attached hydrogens (tertiary/aromatic N) is 2. The predicted molar refractivity (Wildman–Crippen MR) is 109 cm³/mol. The second kappa shape index (κ2) is 8.68. The Morgan fingerprint density at radius 1 is 0.926 bits per heavy atom. The van der Waals surface area contributed by atoms with Crippen molar-refractivity contribution in [3.8, 4) is 0 Å². The summed E-state index contributed by atoms with van der Waals surface area (Å²) >= 11 is 0. The first-order valence-electron chi connectivity index (χ1n) is 10.2. The van der Waals surface area contributed by atoms with Crippen LogP contribution in [-0.4, -0.2) is 54.5 Å². The van der Waals surface area contributed by atoms with E-state index in [0.717, 1.165) is 39.1 Å². The zero-order valence-electron chi connectivity index (χ0n) is 15.9. The first-order chi connectivity index (χ1) is 13.3. The average Bonchev–Trinajstić information content (AvgIpc) is 3.23. The molecule has 1 N–H and O–H groups in total.